The van der Waals surface area contributed by atoms with Crippen molar-refractivity contribution in [3.8, 4) is 5.88 Å². The Balaban J connectivity index is 1.79. The van der Waals surface area contributed by atoms with Crippen LogP contribution in [-0.4, -0.2) is 47.0 Å². The third-order valence-corrected chi connectivity index (χ3v) is 4.74. The standard InChI is InChI=1S/C16H25N3O3/c1-11-15(16(21-3)18(2)17-11)13-7-4-8-19(13)14(20)10-12-6-5-9-22-12/h12-13H,4-10H2,1-3H3/t12-,13+/m1/s1. The van der Waals surface area contributed by atoms with E-state index in [4.69, 9.17) is 9.47 Å². The van der Waals surface area contributed by atoms with E-state index in [1.165, 1.54) is 0 Å². The highest BCUT2D eigenvalue weighted by molar-refractivity contribution is 5.77. The minimum Gasteiger partial charge on any atom is -0.481 e. The molecule has 6 heteroatoms. The average molecular weight is 307 g/mol. The summed E-state index contributed by atoms with van der Waals surface area (Å²) in [4.78, 5) is 14.7. The summed E-state index contributed by atoms with van der Waals surface area (Å²) in [6.45, 7) is 3.59. The van der Waals surface area contributed by atoms with E-state index >= 15 is 0 Å². The van der Waals surface area contributed by atoms with Gasteiger partial charge in [0.15, 0.2) is 0 Å². The third-order valence-electron chi connectivity index (χ3n) is 4.74. The van der Waals surface area contributed by atoms with Gasteiger partial charge in [0.1, 0.15) is 0 Å². The highest BCUT2D eigenvalue weighted by Crippen LogP contribution is 2.39. The van der Waals surface area contributed by atoms with Gasteiger partial charge in [0.25, 0.3) is 0 Å². The number of rotatable bonds is 4. The number of carbonyl (C=O) groups is 1. The fourth-order valence-corrected chi connectivity index (χ4v) is 3.76. The van der Waals surface area contributed by atoms with Gasteiger partial charge in [-0.15, -0.1) is 0 Å². The van der Waals surface area contributed by atoms with Crippen molar-refractivity contribution in [1.29, 1.82) is 0 Å². The Kier molecular flexibility index (Phi) is 4.38. The van der Waals surface area contributed by atoms with Crippen LogP contribution in [0.15, 0.2) is 0 Å². The lowest BCUT2D eigenvalue weighted by Crippen LogP contribution is -2.33. The molecule has 2 atom stereocenters. The fraction of sp³-hybridized carbons (Fsp3) is 0.750. The Bertz CT molecular complexity index is 549. The second-order valence-corrected chi connectivity index (χ2v) is 6.22. The topological polar surface area (TPSA) is 56.6 Å². The second kappa shape index (κ2) is 6.28. The molecule has 0 radical (unpaired) electrons. The van der Waals surface area contributed by atoms with Gasteiger partial charge in [0, 0.05) is 20.2 Å². The Labute approximate surface area is 131 Å². The summed E-state index contributed by atoms with van der Waals surface area (Å²) in [5.74, 6) is 0.957. The van der Waals surface area contributed by atoms with Crippen LogP contribution in [0.3, 0.4) is 0 Å². The molecule has 0 spiro atoms. The zero-order chi connectivity index (χ0) is 15.7. The maximum Gasteiger partial charge on any atom is 0.225 e. The van der Waals surface area contributed by atoms with Gasteiger partial charge in [-0.3, -0.25) is 4.79 Å². The van der Waals surface area contributed by atoms with Crippen molar-refractivity contribution in [2.75, 3.05) is 20.3 Å². The third kappa shape index (κ3) is 2.72. The van der Waals surface area contributed by atoms with E-state index in [1.54, 1.807) is 11.8 Å². The molecule has 2 saturated heterocycles. The van der Waals surface area contributed by atoms with Crippen LogP contribution in [0.4, 0.5) is 0 Å². The van der Waals surface area contributed by atoms with Gasteiger partial charge in [-0.1, -0.05) is 0 Å². The maximum absolute atomic E-state index is 12.7. The average Bonchev–Trinajstić information content (AvgIpc) is 3.18. The normalized spacial score (nSPS) is 25.0. The van der Waals surface area contributed by atoms with Gasteiger partial charge in [-0.05, 0) is 32.6 Å². The highest BCUT2D eigenvalue weighted by atomic mass is 16.5. The zero-order valence-corrected chi connectivity index (χ0v) is 13.7. The van der Waals surface area contributed by atoms with E-state index in [0.29, 0.717) is 6.42 Å². The molecule has 0 unspecified atom stereocenters. The van der Waals surface area contributed by atoms with Crippen molar-refractivity contribution in [1.82, 2.24) is 14.7 Å². The predicted molar refractivity (Wildman–Crippen MR) is 81.8 cm³/mol. The van der Waals surface area contributed by atoms with E-state index in [9.17, 15) is 4.79 Å². The predicted octanol–water partition coefficient (Wildman–Crippen LogP) is 1.97. The van der Waals surface area contributed by atoms with Gasteiger partial charge in [0.2, 0.25) is 11.8 Å². The first kappa shape index (κ1) is 15.3. The summed E-state index contributed by atoms with van der Waals surface area (Å²) in [7, 11) is 3.54. The minimum atomic E-state index is 0.0811. The summed E-state index contributed by atoms with van der Waals surface area (Å²) in [6, 6.07) is 0.0811. The molecule has 1 amide bonds. The molecular formula is C16H25N3O3. The molecule has 2 fully saturated rings. The van der Waals surface area contributed by atoms with Crippen molar-refractivity contribution in [3.63, 3.8) is 0 Å². The molecule has 2 aliphatic rings. The quantitative estimate of drug-likeness (QED) is 0.853. The maximum atomic E-state index is 12.7. The van der Waals surface area contributed by atoms with Crippen molar-refractivity contribution < 1.29 is 14.3 Å². The van der Waals surface area contributed by atoms with Gasteiger partial charge < -0.3 is 14.4 Å². The van der Waals surface area contributed by atoms with Crippen LogP contribution in [0.2, 0.25) is 0 Å². The highest BCUT2D eigenvalue weighted by Gasteiger charge is 2.36. The number of aromatic nitrogens is 2. The van der Waals surface area contributed by atoms with E-state index in [-0.39, 0.29) is 18.1 Å². The zero-order valence-electron chi connectivity index (χ0n) is 13.7. The first-order valence-corrected chi connectivity index (χ1v) is 8.10. The summed E-state index contributed by atoms with van der Waals surface area (Å²) in [5, 5.41) is 4.45. The molecule has 0 aromatic carbocycles. The Morgan fingerprint density at radius 1 is 1.41 bits per heavy atom. The molecule has 0 bridgehead atoms. The molecule has 0 aliphatic carbocycles. The van der Waals surface area contributed by atoms with Crippen molar-refractivity contribution in [3.05, 3.63) is 11.3 Å². The van der Waals surface area contributed by atoms with Crippen LogP contribution >= 0.6 is 0 Å². The molecule has 0 saturated carbocycles. The van der Waals surface area contributed by atoms with Crippen LogP contribution in [-0.2, 0) is 16.6 Å². The second-order valence-electron chi connectivity index (χ2n) is 6.22. The lowest BCUT2D eigenvalue weighted by molar-refractivity contribution is -0.134. The first-order chi connectivity index (χ1) is 10.6. The lowest BCUT2D eigenvalue weighted by Gasteiger charge is -2.26. The number of likely N-dealkylation sites (tertiary alicyclic amines) is 1. The Hall–Kier alpha value is -1.56. The molecule has 2 aliphatic heterocycles. The van der Waals surface area contributed by atoms with Crippen LogP contribution in [0, 0.1) is 6.92 Å². The lowest BCUT2D eigenvalue weighted by atomic mass is 10.0. The molecule has 0 N–H and O–H groups in total. The van der Waals surface area contributed by atoms with Gasteiger partial charge in [-0.25, -0.2) is 4.68 Å². The number of hydrogen-bond donors (Lipinski definition) is 0. The SMILES string of the molecule is COc1c([C@@H]2CCCN2C(=O)C[C@H]2CCCO2)c(C)nn1C. The molecular weight excluding hydrogens is 282 g/mol. The van der Waals surface area contributed by atoms with Crippen molar-refractivity contribution in [2.24, 2.45) is 7.05 Å². The fourth-order valence-electron chi connectivity index (χ4n) is 3.76. The summed E-state index contributed by atoms with van der Waals surface area (Å²) < 4.78 is 12.9. The number of methoxy groups -OCH3 is 1. The Morgan fingerprint density at radius 3 is 2.91 bits per heavy atom. The number of carbonyl (C=O) groups excluding carboxylic acids is 1. The molecule has 3 rings (SSSR count). The number of nitrogens with zero attached hydrogens (tertiary/aromatic N) is 3. The first-order valence-electron chi connectivity index (χ1n) is 8.10. The molecule has 122 valence electrons. The minimum absolute atomic E-state index is 0.0811. The van der Waals surface area contributed by atoms with E-state index in [2.05, 4.69) is 5.10 Å². The number of amides is 1. The van der Waals surface area contributed by atoms with Crippen molar-refractivity contribution >= 4 is 5.91 Å². The summed E-state index contributed by atoms with van der Waals surface area (Å²) >= 11 is 0. The van der Waals surface area contributed by atoms with Crippen LogP contribution in [0.1, 0.15) is 49.4 Å². The largest absolute Gasteiger partial charge is 0.481 e. The number of aryl methyl sites for hydroxylation is 2. The number of ether oxygens (including phenoxy) is 2. The summed E-state index contributed by atoms with van der Waals surface area (Å²) in [5.41, 5.74) is 2.00. The number of hydrogen-bond acceptors (Lipinski definition) is 4. The summed E-state index contributed by atoms with van der Waals surface area (Å²) in [6.07, 6.45) is 4.67. The van der Waals surface area contributed by atoms with Gasteiger partial charge in [-0.2, -0.15) is 5.10 Å². The smallest absolute Gasteiger partial charge is 0.225 e. The monoisotopic (exact) mass is 307 g/mol. The van der Waals surface area contributed by atoms with Gasteiger partial charge in [0.05, 0.1) is 36.9 Å². The molecule has 22 heavy (non-hydrogen) atoms. The van der Waals surface area contributed by atoms with E-state index in [0.717, 1.165) is 56.0 Å². The van der Waals surface area contributed by atoms with Crippen LogP contribution < -0.4 is 4.74 Å². The molecule has 1 aromatic heterocycles. The van der Waals surface area contributed by atoms with Gasteiger partial charge >= 0.3 is 0 Å². The van der Waals surface area contributed by atoms with E-state index < -0.39 is 0 Å². The van der Waals surface area contributed by atoms with Crippen LogP contribution in [0.25, 0.3) is 0 Å². The molecule has 6 nitrogen and oxygen atoms in total. The van der Waals surface area contributed by atoms with E-state index in [1.807, 2.05) is 18.9 Å². The molecule has 3 heterocycles. The van der Waals surface area contributed by atoms with Crippen molar-refractivity contribution in [2.45, 2.75) is 51.2 Å². The Morgan fingerprint density at radius 2 is 2.23 bits per heavy atom. The molecule has 1 aromatic rings. The van der Waals surface area contributed by atoms with Crippen LogP contribution in [0.5, 0.6) is 5.88 Å².